The molecule has 1 saturated carbocycles. The lowest BCUT2D eigenvalue weighted by Gasteiger charge is -2.43. The van der Waals surface area contributed by atoms with Crippen LogP contribution in [-0.2, 0) is 27.5 Å². The van der Waals surface area contributed by atoms with Gasteiger partial charge in [-0.1, -0.05) is 30.3 Å². The van der Waals surface area contributed by atoms with Crippen LogP contribution < -0.4 is 5.32 Å². The van der Waals surface area contributed by atoms with Crippen LogP contribution >= 0.6 is 0 Å². The SMILES string of the molecule is CNC(=O)[C@@]1(OCc2ccccc2F)CC(OCc2ccc(C#N)cc2)[C@H](O)[C@H](O)C1. The van der Waals surface area contributed by atoms with Gasteiger partial charge in [-0.25, -0.2) is 4.39 Å². The van der Waals surface area contributed by atoms with Gasteiger partial charge < -0.3 is 25.0 Å². The molecule has 3 N–H and O–H groups in total. The lowest BCUT2D eigenvalue weighted by Crippen LogP contribution is -2.60. The average molecular weight is 428 g/mol. The van der Waals surface area contributed by atoms with E-state index in [-0.39, 0.29) is 31.6 Å². The van der Waals surface area contributed by atoms with Gasteiger partial charge in [0, 0.05) is 25.5 Å². The number of rotatable bonds is 7. The molecule has 1 fully saturated rings. The third-order valence-corrected chi connectivity index (χ3v) is 5.49. The predicted octanol–water partition coefficient (Wildman–Crippen LogP) is 1.80. The molecule has 1 aliphatic rings. The summed E-state index contributed by atoms with van der Waals surface area (Å²) in [4.78, 5) is 12.7. The molecule has 164 valence electrons. The summed E-state index contributed by atoms with van der Waals surface area (Å²) in [6, 6.07) is 14.9. The maximum absolute atomic E-state index is 14.0. The van der Waals surface area contributed by atoms with E-state index in [1.165, 1.54) is 13.1 Å². The summed E-state index contributed by atoms with van der Waals surface area (Å²) < 4.78 is 25.7. The molecule has 0 aliphatic heterocycles. The lowest BCUT2D eigenvalue weighted by molar-refractivity contribution is -0.200. The second kappa shape index (κ2) is 9.98. The van der Waals surface area contributed by atoms with Crippen molar-refractivity contribution in [3.63, 3.8) is 0 Å². The maximum atomic E-state index is 14.0. The lowest BCUT2D eigenvalue weighted by atomic mass is 9.78. The second-order valence-electron chi connectivity index (χ2n) is 7.58. The van der Waals surface area contributed by atoms with Gasteiger partial charge in [-0.2, -0.15) is 5.26 Å². The van der Waals surface area contributed by atoms with Crippen molar-refractivity contribution in [3.8, 4) is 6.07 Å². The monoisotopic (exact) mass is 428 g/mol. The van der Waals surface area contributed by atoms with E-state index < -0.39 is 35.6 Å². The quantitative estimate of drug-likeness (QED) is 0.620. The van der Waals surface area contributed by atoms with E-state index in [2.05, 4.69) is 5.32 Å². The first-order valence-corrected chi connectivity index (χ1v) is 9.95. The molecule has 0 aromatic heterocycles. The number of aliphatic hydroxyl groups is 2. The number of nitrogens with one attached hydrogen (secondary N) is 1. The highest BCUT2D eigenvalue weighted by Crippen LogP contribution is 2.35. The normalized spacial score (nSPS) is 25.6. The van der Waals surface area contributed by atoms with Crippen LogP contribution in [-0.4, -0.2) is 47.1 Å². The molecular weight excluding hydrogens is 403 g/mol. The van der Waals surface area contributed by atoms with E-state index in [4.69, 9.17) is 14.7 Å². The number of hydrogen-bond donors (Lipinski definition) is 3. The molecule has 8 heteroatoms. The molecule has 0 bridgehead atoms. The van der Waals surface area contributed by atoms with Crippen LogP contribution in [0.3, 0.4) is 0 Å². The van der Waals surface area contributed by atoms with Crippen LogP contribution in [0.15, 0.2) is 48.5 Å². The Morgan fingerprint density at radius 2 is 1.90 bits per heavy atom. The molecule has 0 spiro atoms. The van der Waals surface area contributed by atoms with Crippen LogP contribution in [0.5, 0.6) is 0 Å². The van der Waals surface area contributed by atoms with Gasteiger partial charge in [0.2, 0.25) is 0 Å². The fourth-order valence-corrected chi connectivity index (χ4v) is 3.70. The molecule has 7 nitrogen and oxygen atoms in total. The van der Waals surface area contributed by atoms with Gasteiger partial charge in [0.05, 0.1) is 37.1 Å². The molecule has 4 atom stereocenters. The molecule has 1 amide bonds. The number of ether oxygens (including phenoxy) is 2. The van der Waals surface area contributed by atoms with Gasteiger partial charge in [-0.15, -0.1) is 0 Å². The van der Waals surface area contributed by atoms with Gasteiger partial charge in [0.1, 0.15) is 11.9 Å². The summed E-state index contributed by atoms with van der Waals surface area (Å²) in [5.41, 5.74) is 0.0629. The molecule has 1 aliphatic carbocycles. The first kappa shape index (κ1) is 22.8. The summed E-state index contributed by atoms with van der Waals surface area (Å²) in [5, 5.41) is 32.3. The molecular formula is C23H25FN2O5. The number of benzene rings is 2. The van der Waals surface area contributed by atoms with Gasteiger partial charge in [0.25, 0.3) is 5.91 Å². The van der Waals surface area contributed by atoms with E-state index in [0.29, 0.717) is 5.56 Å². The van der Waals surface area contributed by atoms with Crippen molar-refractivity contribution < 1.29 is 28.9 Å². The van der Waals surface area contributed by atoms with Crippen LogP contribution in [0.25, 0.3) is 0 Å². The predicted molar refractivity (Wildman–Crippen MR) is 109 cm³/mol. The highest BCUT2D eigenvalue weighted by molar-refractivity contribution is 5.85. The van der Waals surface area contributed by atoms with E-state index in [1.807, 2.05) is 6.07 Å². The number of amides is 1. The van der Waals surface area contributed by atoms with Crippen molar-refractivity contribution >= 4 is 5.91 Å². The zero-order valence-corrected chi connectivity index (χ0v) is 17.1. The number of carbonyl (C=O) groups excluding carboxylic acids is 1. The minimum absolute atomic E-state index is 0.0182. The highest BCUT2D eigenvalue weighted by atomic mass is 19.1. The van der Waals surface area contributed by atoms with Crippen molar-refractivity contribution in [2.45, 2.75) is 50.0 Å². The first-order valence-electron chi connectivity index (χ1n) is 9.95. The molecule has 0 heterocycles. The number of carbonyl (C=O) groups is 1. The van der Waals surface area contributed by atoms with Crippen LogP contribution in [0.4, 0.5) is 4.39 Å². The van der Waals surface area contributed by atoms with Crippen LogP contribution in [0.1, 0.15) is 29.5 Å². The number of hydrogen-bond acceptors (Lipinski definition) is 6. The Morgan fingerprint density at radius 1 is 1.19 bits per heavy atom. The summed E-state index contributed by atoms with van der Waals surface area (Å²) in [6.07, 6.45) is -3.54. The summed E-state index contributed by atoms with van der Waals surface area (Å²) in [5.74, 6) is -0.943. The van der Waals surface area contributed by atoms with Gasteiger partial charge in [0.15, 0.2) is 5.60 Å². The smallest absolute Gasteiger partial charge is 0.252 e. The Hall–Kier alpha value is -2.83. The van der Waals surface area contributed by atoms with Crippen molar-refractivity contribution in [1.82, 2.24) is 5.32 Å². The average Bonchev–Trinajstić information content (AvgIpc) is 2.79. The zero-order valence-electron chi connectivity index (χ0n) is 17.1. The number of nitrogens with zero attached hydrogens (tertiary/aromatic N) is 1. The molecule has 1 unspecified atom stereocenters. The Labute approximate surface area is 180 Å². The Kier molecular flexibility index (Phi) is 7.36. The van der Waals surface area contributed by atoms with E-state index in [1.54, 1.807) is 42.5 Å². The number of likely N-dealkylation sites (N-methyl/N-ethyl adjacent to an activating group) is 1. The van der Waals surface area contributed by atoms with Crippen molar-refractivity contribution in [2.24, 2.45) is 0 Å². The Bertz CT molecular complexity index is 946. The van der Waals surface area contributed by atoms with E-state index >= 15 is 0 Å². The van der Waals surface area contributed by atoms with E-state index in [0.717, 1.165) is 5.56 Å². The highest BCUT2D eigenvalue weighted by Gasteiger charge is 2.51. The van der Waals surface area contributed by atoms with Gasteiger partial charge in [-0.3, -0.25) is 4.79 Å². The van der Waals surface area contributed by atoms with E-state index in [9.17, 15) is 19.4 Å². The second-order valence-corrected chi connectivity index (χ2v) is 7.58. The molecule has 0 saturated heterocycles. The van der Waals surface area contributed by atoms with Crippen molar-refractivity contribution in [2.75, 3.05) is 7.05 Å². The standard InChI is InChI=1S/C23H25FN2O5/c1-26-22(29)23(31-14-17-4-2-3-5-18(17)24)10-19(27)21(28)20(11-23)30-13-16-8-6-15(12-25)7-9-16/h2-9,19-21,27-28H,10-11,13-14H2,1H3,(H,26,29)/t19-,20?,21-,23+/m1/s1. The van der Waals surface area contributed by atoms with Crippen LogP contribution in [0.2, 0.25) is 0 Å². The maximum Gasteiger partial charge on any atom is 0.252 e. The summed E-state index contributed by atoms with van der Waals surface area (Å²) in [7, 11) is 1.45. The topological polar surface area (TPSA) is 112 Å². The van der Waals surface area contributed by atoms with Gasteiger partial charge >= 0.3 is 0 Å². The van der Waals surface area contributed by atoms with Crippen molar-refractivity contribution in [3.05, 3.63) is 71.0 Å². The fraction of sp³-hybridized carbons (Fsp3) is 0.391. The molecule has 3 rings (SSSR count). The number of aliphatic hydroxyl groups excluding tert-OH is 2. The fourth-order valence-electron chi connectivity index (χ4n) is 3.70. The molecule has 2 aromatic carbocycles. The van der Waals surface area contributed by atoms with Gasteiger partial charge in [-0.05, 0) is 23.8 Å². The Morgan fingerprint density at radius 3 is 2.55 bits per heavy atom. The minimum atomic E-state index is -1.50. The van der Waals surface area contributed by atoms with Crippen LogP contribution in [0, 0.1) is 17.1 Å². The molecule has 2 aromatic rings. The molecule has 0 radical (unpaired) electrons. The Balaban J connectivity index is 1.76. The summed E-state index contributed by atoms with van der Waals surface area (Å²) in [6.45, 7) is -0.0669. The first-order chi connectivity index (χ1) is 14.9. The third kappa shape index (κ3) is 5.27. The molecule has 31 heavy (non-hydrogen) atoms. The summed E-state index contributed by atoms with van der Waals surface area (Å²) >= 11 is 0. The van der Waals surface area contributed by atoms with Crippen molar-refractivity contribution in [1.29, 1.82) is 5.26 Å². The largest absolute Gasteiger partial charge is 0.390 e. The number of nitriles is 1. The third-order valence-electron chi connectivity index (χ3n) is 5.49. The number of halogens is 1. The zero-order chi connectivity index (χ0) is 22.4. The minimum Gasteiger partial charge on any atom is -0.390 e.